The first-order valence-corrected chi connectivity index (χ1v) is 6.71. The molecule has 1 rings (SSSR count). The molecule has 0 aliphatic heterocycles. The summed E-state index contributed by atoms with van der Waals surface area (Å²) in [4.78, 5) is 29.0. The first-order chi connectivity index (χ1) is 9.56. The highest BCUT2D eigenvalue weighted by atomic mass is 79.9. The van der Waals surface area contributed by atoms with Gasteiger partial charge in [0.2, 0.25) is 0 Å². The molecule has 0 spiro atoms. The lowest BCUT2D eigenvalue weighted by Gasteiger charge is -2.17. The van der Waals surface area contributed by atoms with E-state index in [1.807, 2.05) is 0 Å². The quantitative estimate of drug-likeness (QED) is 0.576. The Balaban J connectivity index is 3.15. The van der Waals surface area contributed by atoms with Gasteiger partial charge in [0.05, 0.1) is 13.2 Å². The molecule has 0 atom stereocenters. The first kappa shape index (κ1) is 16.4. The molecule has 0 fully saturated rings. The van der Waals surface area contributed by atoms with Crippen molar-refractivity contribution >= 4 is 28.1 Å². The highest BCUT2D eigenvalue weighted by Gasteiger charge is 2.24. The van der Waals surface area contributed by atoms with Gasteiger partial charge in [0.25, 0.3) is 5.91 Å². The number of methoxy groups -OCH3 is 1. The molecule has 20 heavy (non-hydrogen) atoms. The molecule has 0 bridgehead atoms. The van der Waals surface area contributed by atoms with Crippen molar-refractivity contribution in [2.75, 3.05) is 27.3 Å². The van der Waals surface area contributed by atoms with E-state index in [1.54, 1.807) is 25.6 Å². The van der Waals surface area contributed by atoms with Crippen LogP contribution in [0, 0.1) is 11.8 Å². The Labute approximate surface area is 126 Å². The van der Waals surface area contributed by atoms with Crippen LogP contribution in [0.25, 0.3) is 0 Å². The Kier molecular flexibility index (Phi) is 6.42. The fraction of sp³-hybridized carbons (Fsp3) is 0.462. The second-order valence-electron chi connectivity index (χ2n) is 3.96. The molecule has 0 aliphatic carbocycles. The molecule has 0 aliphatic rings. The zero-order valence-electron chi connectivity index (χ0n) is 11.6. The second kappa shape index (κ2) is 7.82. The number of rotatable bonds is 6. The summed E-state index contributed by atoms with van der Waals surface area (Å²) in [5, 5.41) is 0. The SMILES string of the molecule is CC#CCn1c(Br)nc(C=O)c1C(=O)N(C)CCOC. The fourth-order valence-corrected chi connectivity index (χ4v) is 2.06. The van der Waals surface area contributed by atoms with Gasteiger partial charge in [-0.3, -0.25) is 9.59 Å². The number of hydrogen-bond acceptors (Lipinski definition) is 4. The average molecular weight is 342 g/mol. The summed E-state index contributed by atoms with van der Waals surface area (Å²) in [5.74, 6) is 5.31. The number of halogens is 1. The van der Waals surface area contributed by atoms with Crippen LogP contribution in [0.5, 0.6) is 0 Å². The lowest BCUT2D eigenvalue weighted by molar-refractivity contribution is 0.0731. The molecule has 7 heteroatoms. The van der Waals surface area contributed by atoms with E-state index < -0.39 is 0 Å². The predicted octanol–water partition coefficient (Wildman–Crippen LogP) is 1.20. The Hall–Kier alpha value is -1.65. The minimum absolute atomic E-state index is 0.101. The smallest absolute Gasteiger partial charge is 0.272 e. The van der Waals surface area contributed by atoms with Crippen molar-refractivity contribution in [3.05, 3.63) is 16.1 Å². The molecule has 0 saturated carbocycles. The third kappa shape index (κ3) is 3.68. The van der Waals surface area contributed by atoms with Gasteiger partial charge in [0, 0.05) is 20.7 Å². The lowest BCUT2D eigenvalue weighted by atomic mass is 10.3. The van der Waals surface area contributed by atoms with E-state index in [0.717, 1.165) is 0 Å². The Morgan fingerprint density at radius 1 is 1.60 bits per heavy atom. The molecule has 0 unspecified atom stereocenters. The first-order valence-electron chi connectivity index (χ1n) is 5.92. The number of aromatic nitrogens is 2. The van der Waals surface area contributed by atoms with E-state index in [4.69, 9.17) is 4.74 Å². The number of likely N-dealkylation sites (N-methyl/N-ethyl adjacent to an activating group) is 1. The summed E-state index contributed by atoms with van der Waals surface area (Å²) in [6, 6.07) is 0. The molecule has 6 nitrogen and oxygen atoms in total. The number of carbonyl (C=O) groups is 2. The maximum absolute atomic E-state index is 12.4. The topological polar surface area (TPSA) is 64.4 Å². The van der Waals surface area contributed by atoms with Crippen LogP contribution in [-0.2, 0) is 11.3 Å². The van der Waals surface area contributed by atoms with Gasteiger partial charge in [-0.1, -0.05) is 5.92 Å². The summed E-state index contributed by atoms with van der Waals surface area (Å²) in [5.41, 5.74) is 0.331. The van der Waals surface area contributed by atoms with Crippen molar-refractivity contribution < 1.29 is 14.3 Å². The molecule has 1 heterocycles. The summed E-state index contributed by atoms with van der Waals surface area (Å²) >= 11 is 3.24. The van der Waals surface area contributed by atoms with E-state index in [1.165, 1.54) is 4.90 Å². The van der Waals surface area contributed by atoms with Crippen LogP contribution in [0.15, 0.2) is 4.73 Å². The maximum atomic E-state index is 12.4. The third-order valence-corrected chi connectivity index (χ3v) is 3.26. The molecular formula is C13H16BrN3O3. The van der Waals surface area contributed by atoms with Crippen LogP contribution in [0.2, 0.25) is 0 Å². The normalized spacial score (nSPS) is 9.80. The van der Waals surface area contributed by atoms with Crippen LogP contribution in [0.3, 0.4) is 0 Å². The van der Waals surface area contributed by atoms with E-state index in [2.05, 4.69) is 32.8 Å². The molecule has 0 saturated heterocycles. The number of amides is 1. The zero-order valence-corrected chi connectivity index (χ0v) is 13.2. The molecule has 1 amide bonds. The van der Waals surface area contributed by atoms with Gasteiger partial charge in [0.15, 0.2) is 11.0 Å². The van der Waals surface area contributed by atoms with Crippen molar-refractivity contribution in [2.24, 2.45) is 0 Å². The van der Waals surface area contributed by atoms with E-state index in [-0.39, 0.29) is 23.8 Å². The van der Waals surface area contributed by atoms with Gasteiger partial charge in [-0.2, -0.15) is 0 Å². The molecule has 1 aromatic heterocycles. The van der Waals surface area contributed by atoms with E-state index >= 15 is 0 Å². The van der Waals surface area contributed by atoms with Crippen molar-refractivity contribution in [3.8, 4) is 11.8 Å². The number of hydrogen-bond donors (Lipinski definition) is 0. The van der Waals surface area contributed by atoms with Crippen molar-refractivity contribution in [1.29, 1.82) is 0 Å². The van der Waals surface area contributed by atoms with Gasteiger partial charge in [-0.15, -0.1) is 5.92 Å². The minimum Gasteiger partial charge on any atom is -0.383 e. The minimum atomic E-state index is -0.291. The Morgan fingerprint density at radius 3 is 2.85 bits per heavy atom. The predicted molar refractivity (Wildman–Crippen MR) is 77.6 cm³/mol. The van der Waals surface area contributed by atoms with Gasteiger partial charge in [-0.05, 0) is 22.9 Å². The number of imidazole rings is 1. The van der Waals surface area contributed by atoms with Crippen molar-refractivity contribution in [1.82, 2.24) is 14.5 Å². The van der Waals surface area contributed by atoms with Crippen LogP contribution < -0.4 is 0 Å². The fourth-order valence-electron chi connectivity index (χ4n) is 1.56. The zero-order chi connectivity index (χ0) is 15.1. The van der Waals surface area contributed by atoms with Gasteiger partial charge in [0.1, 0.15) is 11.4 Å². The third-order valence-electron chi connectivity index (χ3n) is 2.65. The highest BCUT2D eigenvalue weighted by Crippen LogP contribution is 2.17. The van der Waals surface area contributed by atoms with E-state index in [0.29, 0.717) is 24.2 Å². The van der Waals surface area contributed by atoms with Crippen LogP contribution in [0.1, 0.15) is 27.9 Å². The maximum Gasteiger partial charge on any atom is 0.272 e. The second-order valence-corrected chi connectivity index (χ2v) is 4.67. The van der Waals surface area contributed by atoms with Gasteiger partial charge in [-0.25, -0.2) is 4.98 Å². The van der Waals surface area contributed by atoms with Crippen molar-refractivity contribution in [3.63, 3.8) is 0 Å². The van der Waals surface area contributed by atoms with Crippen LogP contribution in [0.4, 0.5) is 0 Å². The highest BCUT2D eigenvalue weighted by molar-refractivity contribution is 9.10. The molecule has 0 radical (unpaired) electrons. The summed E-state index contributed by atoms with van der Waals surface area (Å²) in [6.45, 7) is 2.84. The summed E-state index contributed by atoms with van der Waals surface area (Å²) < 4.78 is 6.92. The molecule has 1 aromatic rings. The van der Waals surface area contributed by atoms with Crippen molar-refractivity contribution in [2.45, 2.75) is 13.5 Å². The number of nitrogens with zero attached hydrogens (tertiary/aromatic N) is 3. The summed E-state index contributed by atoms with van der Waals surface area (Å²) in [6.07, 6.45) is 0.567. The Bertz CT molecular complexity index is 557. The lowest BCUT2D eigenvalue weighted by Crippen LogP contribution is -2.32. The van der Waals surface area contributed by atoms with Crippen LogP contribution in [-0.4, -0.2) is 54.0 Å². The van der Waals surface area contributed by atoms with E-state index in [9.17, 15) is 9.59 Å². The monoisotopic (exact) mass is 341 g/mol. The summed E-state index contributed by atoms with van der Waals surface area (Å²) in [7, 11) is 3.21. The standard InChI is InChI=1S/C13H16BrN3O3/c1-4-5-6-17-11(10(9-18)15-13(17)14)12(19)16(2)7-8-20-3/h9H,6-8H2,1-3H3. The molecule has 108 valence electrons. The van der Waals surface area contributed by atoms with Crippen LogP contribution >= 0.6 is 15.9 Å². The largest absolute Gasteiger partial charge is 0.383 e. The van der Waals surface area contributed by atoms with Gasteiger partial charge >= 0.3 is 0 Å². The number of ether oxygens (including phenoxy) is 1. The number of carbonyl (C=O) groups excluding carboxylic acids is 2. The average Bonchev–Trinajstić information content (AvgIpc) is 2.77. The number of aldehydes is 1. The molecular weight excluding hydrogens is 326 g/mol. The molecule has 0 N–H and O–H groups in total. The molecule has 0 aromatic carbocycles. The van der Waals surface area contributed by atoms with Gasteiger partial charge < -0.3 is 14.2 Å². The Morgan fingerprint density at radius 2 is 2.30 bits per heavy atom.